The second kappa shape index (κ2) is 8.49. The molecule has 0 bridgehead atoms. The lowest BCUT2D eigenvalue weighted by molar-refractivity contribution is -0.123. The molecule has 3 aromatic rings. The van der Waals surface area contributed by atoms with Crippen LogP contribution in [0.1, 0.15) is 34.1 Å². The number of esters is 1. The van der Waals surface area contributed by atoms with Gasteiger partial charge in [0.05, 0.1) is 11.4 Å². The van der Waals surface area contributed by atoms with E-state index in [0.29, 0.717) is 11.4 Å². The summed E-state index contributed by atoms with van der Waals surface area (Å²) in [4.78, 5) is 25.2. The maximum Gasteiger partial charge on any atom is 0.344 e. The highest BCUT2D eigenvalue weighted by Gasteiger charge is 2.26. The van der Waals surface area contributed by atoms with Crippen molar-refractivity contribution in [3.63, 3.8) is 0 Å². The fraction of sp³-hybridized carbons (Fsp3) is 0.227. The number of benzene rings is 2. The van der Waals surface area contributed by atoms with Gasteiger partial charge in [0, 0.05) is 5.69 Å². The van der Waals surface area contributed by atoms with Gasteiger partial charge in [0.1, 0.15) is 10.7 Å². The Morgan fingerprint density at radius 2 is 1.79 bits per heavy atom. The Hall–Kier alpha value is -3.12. The lowest BCUT2D eigenvalue weighted by Crippen LogP contribution is -2.30. The number of para-hydroxylation sites is 1. The first kappa shape index (κ1) is 20.6. The number of nitrogens with zero attached hydrogens (tertiary/aromatic N) is 2. The second-order valence-corrected chi connectivity index (χ2v) is 7.21. The van der Waals surface area contributed by atoms with Crippen molar-refractivity contribution in [3.05, 3.63) is 76.1 Å². The van der Waals surface area contributed by atoms with E-state index in [0.717, 1.165) is 16.8 Å². The maximum absolute atomic E-state index is 12.7. The zero-order valence-electron chi connectivity index (χ0n) is 16.7. The molecule has 2 aromatic carbocycles. The largest absolute Gasteiger partial charge is 0.449 e. The van der Waals surface area contributed by atoms with Crippen LogP contribution >= 0.6 is 11.6 Å². The Balaban J connectivity index is 1.75. The molecule has 0 aliphatic carbocycles. The van der Waals surface area contributed by atoms with E-state index in [4.69, 9.17) is 16.3 Å². The molecule has 0 fully saturated rings. The van der Waals surface area contributed by atoms with Crippen molar-refractivity contribution in [2.45, 2.75) is 33.8 Å². The van der Waals surface area contributed by atoms with Crippen LogP contribution in [0.25, 0.3) is 5.69 Å². The van der Waals surface area contributed by atoms with E-state index >= 15 is 0 Å². The number of carbonyl (C=O) groups excluding carboxylic acids is 2. The summed E-state index contributed by atoms with van der Waals surface area (Å²) in [7, 11) is 0. The van der Waals surface area contributed by atoms with Gasteiger partial charge in [-0.25, -0.2) is 9.48 Å². The molecule has 0 radical (unpaired) electrons. The van der Waals surface area contributed by atoms with E-state index < -0.39 is 18.0 Å². The van der Waals surface area contributed by atoms with Gasteiger partial charge in [-0.15, -0.1) is 0 Å². The van der Waals surface area contributed by atoms with Gasteiger partial charge in [-0.1, -0.05) is 41.9 Å². The van der Waals surface area contributed by atoms with Crippen molar-refractivity contribution in [1.82, 2.24) is 9.78 Å². The van der Waals surface area contributed by atoms with Crippen LogP contribution in [0, 0.1) is 20.8 Å². The van der Waals surface area contributed by atoms with E-state index in [1.807, 2.05) is 62.4 Å². The number of amides is 1. The standard InChI is InChI=1S/C22H22ClN3O3/c1-13-10-11-14(2)18(12-13)24-21(27)16(4)29-22(28)19-15(3)25-26(20(19)23)17-8-6-5-7-9-17/h5-12,16H,1-4H3,(H,24,27)/t16-/m1/s1. The van der Waals surface area contributed by atoms with Crippen molar-refractivity contribution in [1.29, 1.82) is 0 Å². The van der Waals surface area contributed by atoms with Crippen LogP contribution in [0.5, 0.6) is 0 Å². The molecule has 1 N–H and O–H groups in total. The normalized spacial score (nSPS) is 11.8. The van der Waals surface area contributed by atoms with Crippen LogP contribution in [-0.4, -0.2) is 27.8 Å². The average molecular weight is 412 g/mol. The van der Waals surface area contributed by atoms with Gasteiger partial charge in [-0.2, -0.15) is 5.10 Å². The van der Waals surface area contributed by atoms with Crippen LogP contribution in [0.2, 0.25) is 5.15 Å². The van der Waals surface area contributed by atoms with Gasteiger partial charge in [0.15, 0.2) is 6.10 Å². The van der Waals surface area contributed by atoms with E-state index in [9.17, 15) is 9.59 Å². The zero-order valence-corrected chi connectivity index (χ0v) is 17.4. The summed E-state index contributed by atoms with van der Waals surface area (Å²) in [5.74, 6) is -1.12. The average Bonchev–Trinajstić information content (AvgIpc) is 2.99. The maximum atomic E-state index is 12.7. The number of rotatable bonds is 5. The monoisotopic (exact) mass is 411 g/mol. The van der Waals surface area contributed by atoms with Crippen LogP contribution in [-0.2, 0) is 9.53 Å². The molecule has 3 rings (SSSR count). The molecule has 150 valence electrons. The molecule has 7 heteroatoms. The first-order chi connectivity index (χ1) is 13.8. The van der Waals surface area contributed by atoms with Crippen LogP contribution in [0.3, 0.4) is 0 Å². The van der Waals surface area contributed by atoms with Crippen molar-refractivity contribution in [2.24, 2.45) is 0 Å². The number of aromatic nitrogens is 2. The van der Waals surface area contributed by atoms with Crippen LogP contribution < -0.4 is 5.32 Å². The smallest absolute Gasteiger partial charge is 0.344 e. The van der Waals surface area contributed by atoms with Gasteiger partial charge in [0.25, 0.3) is 5.91 Å². The molecule has 0 aliphatic rings. The predicted octanol–water partition coefficient (Wildman–Crippen LogP) is 4.63. The van der Waals surface area contributed by atoms with Crippen molar-refractivity contribution in [2.75, 3.05) is 5.32 Å². The predicted molar refractivity (Wildman–Crippen MR) is 113 cm³/mol. The summed E-state index contributed by atoms with van der Waals surface area (Å²) in [5, 5.41) is 7.26. The lowest BCUT2D eigenvalue weighted by Gasteiger charge is -2.15. The lowest BCUT2D eigenvalue weighted by atomic mass is 10.1. The minimum Gasteiger partial charge on any atom is -0.449 e. The van der Waals surface area contributed by atoms with Crippen molar-refractivity contribution in [3.8, 4) is 5.69 Å². The summed E-state index contributed by atoms with van der Waals surface area (Å²) in [6, 6.07) is 15.0. The number of hydrogen-bond donors (Lipinski definition) is 1. The van der Waals surface area contributed by atoms with E-state index in [-0.39, 0.29) is 10.7 Å². The quantitative estimate of drug-likeness (QED) is 0.621. The molecule has 0 saturated carbocycles. The molecular weight excluding hydrogens is 390 g/mol. The highest BCUT2D eigenvalue weighted by atomic mass is 35.5. The van der Waals surface area contributed by atoms with Crippen molar-refractivity contribution < 1.29 is 14.3 Å². The molecule has 6 nitrogen and oxygen atoms in total. The van der Waals surface area contributed by atoms with E-state index in [1.165, 1.54) is 11.6 Å². The second-order valence-electron chi connectivity index (χ2n) is 6.85. The fourth-order valence-corrected chi connectivity index (χ4v) is 3.20. The number of hydrogen-bond acceptors (Lipinski definition) is 4. The van der Waals surface area contributed by atoms with Crippen molar-refractivity contribution >= 4 is 29.2 Å². The third-order valence-corrected chi connectivity index (χ3v) is 4.86. The summed E-state index contributed by atoms with van der Waals surface area (Å²) in [6.07, 6.45) is -1.00. The van der Waals surface area contributed by atoms with Gasteiger partial charge in [-0.3, -0.25) is 4.79 Å². The van der Waals surface area contributed by atoms with Gasteiger partial charge in [0.2, 0.25) is 0 Å². The molecule has 1 heterocycles. The Morgan fingerprint density at radius 3 is 2.48 bits per heavy atom. The van der Waals surface area contributed by atoms with Gasteiger partial charge >= 0.3 is 5.97 Å². The number of ether oxygens (including phenoxy) is 1. The van der Waals surface area contributed by atoms with Gasteiger partial charge < -0.3 is 10.1 Å². The summed E-state index contributed by atoms with van der Waals surface area (Å²) in [5.41, 5.74) is 3.91. The molecule has 0 unspecified atom stereocenters. The van der Waals surface area contributed by atoms with E-state index in [2.05, 4.69) is 10.4 Å². The third-order valence-electron chi connectivity index (χ3n) is 4.51. The highest BCUT2D eigenvalue weighted by molar-refractivity contribution is 6.33. The Kier molecular flexibility index (Phi) is 6.03. The molecule has 0 spiro atoms. The molecule has 0 aliphatic heterocycles. The first-order valence-corrected chi connectivity index (χ1v) is 9.55. The number of halogens is 1. The Morgan fingerprint density at radius 1 is 1.10 bits per heavy atom. The van der Waals surface area contributed by atoms with Gasteiger partial charge in [-0.05, 0) is 57.0 Å². The topological polar surface area (TPSA) is 73.2 Å². The molecule has 1 amide bonds. The molecule has 1 aromatic heterocycles. The molecule has 0 saturated heterocycles. The third kappa shape index (κ3) is 4.49. The summed E-state index contributed by atoms with van der Waals surface area (Å²) >= 11 is 6.39. The Labute approximate surface area is 174 Å². The molecule has 29 heavy (non-hydrogen) atoms. The molecule has 1 atom stereocenters. The minimum absolute atomic E-state index is 0.140. The number of anilines is 1. The van der Waals surface area contributed by atoms with Crippen LogP contribution in [0.4, 0.5) is 5.69 Å². The number of carbonyl (C=O) groups is 2. The Bertz CT molecular complexity index is 1060. The molecular formula is C22H22ClN3O3. The number of nitrogens with one attached hydrogen (secondary N) is 1. The van der Waals surface area contributed by atoms with E-state index in [1.54, 1.807) is 6.92 Å². The number of aryl methyl sites for hydroxylation is 3. The minimum atomic E-state index is -1.00. The SMILES string of the molecule is Cc1ccc(C)c(NC(=O)[C@@H](C)OC(=O)c2c(C)nn(-c3ccccc3)c2Cl)c1. The highest BCUT2D eigenvalue weighted by Crippen LogP contribution is 2.25. The zero-order chi connectivity index (χ0) is 21.1. The fourth-order valence-electron chi connectivity index (χ4n) is 2.85. The first-order valence-electron chi connectivity index (χ1n) is 9.17. The van der Waals surface area contributed by atoms with Crippen LogP contribution in [0.15, 0.2) is 48.5 Å². The summed E-state index contributed by atoms with van der Waals surface area (Å²) in [6.45, 7) is 7.02. The summed E-state index contributed by atoms with van der Waals surface area (Å²) < 4.78 is 6.83.